The molecule has 4 rings (SSSR count). The summed E-state index contributed by atoms with van der Waals surface area (Å²) in [7, 11) is 1.54. The van der Waals surface area contributed by atoms with Crippen LogP contribution in [0.15, 0.2) is 48.5 Å². The predicted molar refractivity (Wildman–Crippen MR) is 131 cm³/mol. The van der Waals surface area contributed by atoms with E-state index >= 15 is 0 Å². The molecule has 34 heavy (non-hydrogen) atoms. The maximum absolute atomic E-state index is 13.0. The van der Waals surface area contributed by atoms with Crippen molar-refractivity contribution < 1.29 is 19.4 Å². The van der Waals surface area contributed by atoms with E-state index in [2.05, 4.69) is 31.0 Å². The Kier molecular flexibility index (Phi) is 7.09. The predicted octanol–water partition coefficient (Wildman–Crippen LogP) is 3.30. The summed E-state index contributed by atoms with van der Waals surface area (Å²) < 4.78 is 5.31. The highest BCUT2D eigenvalue weighted by Gasteiger charge is 2.54. The van der Waals surface area contributed by atoms with E-state index in [9.17, 15) is 14.7 Å². The van der Waals surface area contributed by atoms with Gasteiger partial charge in [0.05, 0.1) is 31.5 Å². The number of aliphatic hydroxyl groups excluding tert-OH is 1. The molecule has 2 heterocycles. The Morgan fingerprint density at radius 3 is 2.62 bits per heavy atom. The second kappa shape index (κ2) is 10.2. The van der Waals surface area contributed by atoms with Crippen LogP contribution in [-0.2, 0) is 4.79 Å². The lowest BCUT2D eigenvalue weighted by atomic mass is 9.73. The van der Waals surface area contributed by atoms with Crippen LogP contribution in [-0.4, -0.2) is 65.7 Å². The molecular weight excluding hydrogens is 430 g/mol. The van der Waals surface area contributed by atoms with Gasteiger partial charge in [-0.2, -0.15) is 0 Å². The number of carbonyl (C=O) groups excluding carboxylic acids is 2. The number of benzene rings is 2. The summed E-state index contributed by atoms with van der Waals surface area (Å²) in [4.78, 5) is 29.1. The molecule has 7 nitrogen and oxygen atoms in total. The highest BCUT2D eigenvalue weighted by molar-refractivity contribution is 5.94. The molecule has 0 spiro atoms. The Balaban J connectivity index is 1.49. The zero-order valence-corrected chi connectivity index (χ0v) is 19.8. The summed E-state index contributed by atoms with van der Waals surface area (Å²) in [6.07, 6.45) is 0.850. The summed E-state index contributed by atoms with van der Waals surface area (Å²) in [5.41, 5.74) is 2.53. The van der Waals surface area contributed by atoms with Gasteiger partial charge >= 0.3 is 6.03 Å². The van der Waals surface area contributed by atoms with Gasteiger partial charge in [-0.15, -0.1) is 0 Å². The van der Waals surface area contributed by atoms with Crippen molar-refractivity contribution >= 4 is 17.6 Å². The lowest BCUT2D eigenvalue weighted by Gasteiger charge is -2.58. The molecule has 0 aliphatic carbocycles. The Hall–Kier alpha value is -3.50. The van der Waals surface area contributed by atoms with Crippen LogP contribution in [0.25, 0.3) is 0 Å². The maximum atomic E-state index is 13.0. The summed E-state index contributed by atoms with van der Waals surface area (Å²) in [6, 6.07) is 14.3. The number of fused-ring (bicyclic) bond motifs is 1. The zero-order valence-electron chi connectivity index (χ0n) is 19.8. The Labute approximate surface area is 200 Å². The van der Waals surface area contributed by atoms with Crippen molar-refractivity contribution in [3.05, 3.63) is 59.7 Å². The van der Waals surface area contributed by atoms with Crippen molar-refractivity contribution in [2.75, 3.05) is 32.1 Å². The van der Waals surface area contributed by atoms with Gasteiger partial charge in [0.15, 0.2) is 0 Å². The fourth-order valence-corrected chi connectivity index (χ4v) is 4.74. The van der Waals surface area contributed by atoms with Crippen LogP contribution in [0, 0.1) is 17.8 Å². The van der Waals surface area contributed by atoms with Gasteiger partial charge in [0, 0.05) is 24.4 Å². The Bertz CT molecular complexity index is 1100. The van der Waals surface area contributed by atoms with Gasteiger partial charge in [-0.1, -0.05) is 50.0 Å². The maximum Gasteiger partial charge on any atom is 0.322 e. The van der Waals surface area contributed by atoms with Crippen molar-refractivity contribution in [1.82, 2.24) is 9.80 Å². The van der Waals surface area contributed by atoms with Crippen LogP contribution >= 0.6 is 0 Å². The fourth-order valence-electron chi connectivity index (χ4n) is 4.74. The number of ether oxygens (including phenoxy) is 1. The van der Waals surface area contributed by atoms with Crippen molar-refractivity contribution in [1.29, 1.82) is 0 Å². The van der Waals surface area contributed by atoms with Crippen LogP contribution in [0.3, 0.4) is 0 Å². The first-order valence-corrected chi connectivity index (χ1v) is 11.6. The van der Waals surface area contributed by atoms with Gasteiger partial charge in [0.2, 0.25) is 5.91 Å². The van der Waals surface area contributed by atoms with E-state index in [1.54, 1.807) is 24.1 Å². The fraction of sp³-hybridized carbons (Fsp3) is 0.407. The minimum absolute atomic E-state index is 0.0227. The highest BCUT2D eigenvalue weighted by atomic mass is 16.5. The van der Waals surface area contributed by atoms with Crippen LogP contribution in [0.4, 0.5) is 10.5 Å². The molecule has 7 heteroatoms. The van der Waals surface area contributed by atoms with E-state index in [-0.39, 0.29) is 43.1 Å². The molecule has 2 fully saturated rings. The Morgan fingerprint density at radius 1 is 1.21 bits per heavy atom. The van der Waals surface area contributed by atoms with E-state index in [0.717, 1.165) is 17.5 Å². The minimum Gasteiger partial charge on any atom is -0.495 e. The van der Waals surface area contributed by atoms with Gasteiger partial charge in [0.25, 0.3) is 0 Å². The average molecular weight is 462 g/mol. The molecule has 3 amide bonds. The highest BCUT2D eigenvalue weighted by Crippen LogP contribution is 2.43. The number of rotatable bonds is 5. The lowest BCUT2D eigenvalue weighted by Crippen LogP contribution is -2.73. The number of methoxy groups -OCH3 is 1. The van der Waals surface area contributed by atoms with Gasteiger partial charge in [-0.3, -0.25) is 4.79 Å². The molecule has 178 valence electrons. The number of piperazine rings is 1. The van der Waals surface area contributed by atoms with E-state index < -0.39 is 0 Å². The first kappa shape index (κ1) is 23.7. The smallest absolute Gasteiger partial charge is 0.322 e. The zero-order chi connectivity index (χ0) is 24.2. The summed E-state index contributed by atoms with van der Waals surface area (Å²) in [5.74, 6) is 7.26. The third-order valence-electron chi connectivity index (χ3n) is 6.43. The van der Waals surface area contributed by atoms with Crippen molar-refractivity contribution in [2.45, 2.75) is 38.3 Å². The molecule has 2 aromatic rings. The van der Waals surface area contributed by atoms with Gasteiger partial charge in [-0.05, 0) is 35.7 Å². The summed E-state index contributed by atoms with van der Waals surface area (Å²) >= 11 is 0. The van der Waals surface area contributed by atoms with Crippen molar-refractivity contribution in [3.8, 4) is 17.6 Å². The second-order valence-electron chi connectivity index (χ2n) is 9.18. The molecule has 0 bridgehead atoms. The van der Waals surface area contributed by atoms with Crippen LogP contribution in [0.2, 0.25) is 0 Å². The number of aliphatic hydroxyl groups is 1. The number of hydrogen-bond donors (Lipinski definition) is 2. The van der Waals surface area contributed by atoms with E-state index in [4.69, 9.17) is 4.74 Å². The number of carbonyl (C=O) groups is 2. The molecule has 2 aromatic carbocycles. The van der Waals surface area contributed by atoms with E-state index in [1.165, 1.54) is 4.90 Å². The monoisotopic (exact) mass is 461 g/mol. The molecule has 0 saturated carbocycles. The number of nitrogens with zero attached hydrogens (tertiary/aromatic N) is 2. The van der Waals surface area contributed by atoms with Crippen molar-refractivity contribution in [2.24, 2.45) is 5.92 Å². The van der Waals surface area contributed by atoms with Crippen LogP contribution in [0.1, 0.15) is 37.3 Å². The van der Waals surface area contributed by atoms with Crippen molar-refractivity contribution in [3.63, 3.8) is 0 Å². The molecule has 0 radical (unpaired) electrons. The number of hydrogen-bond acceptors (Lipinski definition) is 4. The molecule has 2 aliphatic rings. The second-order valence-corrected chi connectivity index (χ2v) is 9.18. The third kappa shape index (κ3) is 4.73. The number of anilines is 1. The average Bonchev–Trinajstić information content (AvgIpc) is 2.81. The van der Waals surface area contributed by atoms with E-state index in [1.807, 2.05) is 36.4 Å². The Morgan fingerprint density at radius 2 is 1.94 bits per heavy atom. The van der Waals surface area contributed by atoms with Gasteiger partial charge < -0.3 is 25.0 Å². The molecule has 2 saturated heterocycles. The lowest BCUT2D eigenvalue weighted by molar-refractivity contribution is -0.159. The topological polar surface area (TPSA) is 82.1 Å². The molecule has 2 aliphatic heterocycles. The minimum atomic E-state index is -0.348. The number of para-hydroxylation sites is 2. The summed E-state index contributed by atoms with van der Waals surface area (Å²) in [6.45, 7) is 4.53. The largest absolute Gasteiger partial charge is 0.495 e. The molecule has 0 unspecified atom stereocenters. The molecule has 0 aromatic heterocycles. The third-order valence-corrected chi connectivity index (χ3v) is 6.43. The van der Waals surface area contributed by atoms with Gasteiger partial charge in [0.1, 0.15) is 12.3 Å². The first-order valence-electron chi connectivity index (χ1n) is 11.6. The molecular formula is C27H31N3O4. The SMILES string of the molecule is COc1ccccc1NC(=O)N1CC(=O)N2[C@H](CO)[C@@H](c3ccc(C#CCC(C)C)cc3)[C@@H]2C1. The summed E-state index contributed by atoms with van der Waals surface area (Å²) in [5, 5.41) is 12.9. The normalized spacial score (nSPS) is 21.3. The number of urea groups is 1. The quantitative estimate of drug-likeness (QED) is 0.670. The molecule has 2 N–H and O–H groups in total. The van der Waals surface area contributed by atoms with E-state index in [0.29, 0.717) is 23.9 Å². The van der Waals surface area contributed by atoms with Crippen LogP contribution in [0.5, 0.6) is 5.75 Å². The first-order chi connectivity index (χ1) is 16.4. The standard InChI is InChI=1S/C27H31N3O4/c1-18(2)7-6-8-19-11-13-20(14-12-19)26-22-15-29(16-25(32)30(22)23(26)17-31)27(33)28-21-9-4-5-10-24(21)34-3/h4-5,9-14,18,22-23,26,31H,7,15-17H2,1-3H3,(H,28,33)/t22-,23+,26-/m0/s1. The van der Waals surface area contributed by atoms with Crippen LogP contribution < -0.4 is 10.1 Å². The molecule has 3 atom stereocenters. The van der Waals surface area contributed by atoms with Gasteiger partial charge in [-0.25, -0.2) is 4.79 Å². The number of nitrogens with one attached hydrogen (secondary N) is 1. The number of amides is 3.